The Kier molecular flexibility index (Phi) is 8.93. The van der Waals surface area contributed by atoms with Gasteiger partial charge in [0.1, 0.15) is 5.75 Å². The Morgan fingerprint density at radius 1 is 0.575 bits per heavy atom. The standard InChI is InChI=1S/C29H23N2O3S.ClHO4/c30-35(32,33)34-27-18-16-26(17-19-27)31-28(23-12-6-2-7-13-23)20-25(22-10-4-1-5-11-22)21-29(31)24-14-8-3-9-15-24;2-1(3,4)5/h1-21H,(H2,30,32,33);(H,2,3,4,5)/q+1;/p-1. The molecule has 0 saturated heterocycles. The maximum absolute atomic E-state index is 11.4. The molecule has 0 aliphatic heterocycles. The van der Waals surface area contributed by atoms with Crippen LogP contribution in [0.15, 0.2) is 127 Å². The monoisotopic (exact) mass is 578 g/mol. The highest BCUT2D eigenvalue weighted by molar-refractivity contribution is 7.84. The molecule has 40 heavy (non-hydrogen) atoms. The van der Waals surface area contributed by atoms with Gasteiger partial charge < -0.3 is 4.18 Å². The van der Waals surface area contributed by atoms with Gasteiger partial charge >= 0.3 is 10.3 Å². The summed E-state index contributed by atoms with van der Waals surface area (Å²) >= 11 is 0. The van der Waals surface area contributed by atoms with Crippen molar-refractivity contribution in [2.75, 3.05) is 0 Å². The number of benzene rings is 4. The van der Waals surface area contributed by atoms with E-state index < -0.39 is 20.5 Å². The topological polar surface area (TPSA) is 166 Å². The van der Waals surface area contributed by atoms with E-state index >= 15 is 0 Å². The lowest BCUT2D eigenvalue weighted by Crippen LogP contribution is -2.68. The smallest absolute Gasteiger partial charge is 0.371 e. The highest BCUT2D eigenvalue weighted by Crippen LogP contribution is 2.30. The Hall–Kier alpha value is -4.13. The molecule has 0 unspecified atom stereocenters. The van der Waals surface area contributed by atoms with Crippen molar-refractivity contribution < 1.29 is 46.0 Å². The van der Waals surface area contributed by atoms with Crippen molar-refractivity contribution in [3.63, 3.8) is 0 Å². The molecule has 0 fully saturated rings. The number of hydrogen-bond acceptors (Lipinski definition) is 7. The molecule has 5 aromatic rings. The number of nitrogens with zero attached hydrogens (tertiary/aromatic N) is 1. The van der Waals surface area contributed by atoms with E-state index in [0.29, 0.717) is 0 Å². The van der Waals surface area contributed by atoms with E-state index in [1.807, 2.05) is 66.7 Å². The summed E-state index contributed by atoms with van der Waals surface area (Å²) in [6, 6.07) is 41.8. The minimum absolute atomic E-state index is 0.153. The Labute approximate surface area is 233 Å². The Morgan fingerprint density at radius 2 is 0.950 bits per heavy atom. The first kappa shape index (κ1) is 28.9. The van der Waals surface area contributed by atoms with Crippen LogP contribution in [-0.2, 0) is 10.3 Å². The van der Waals surface area contributed by atoms with Gasteiger partial charge in [-0.1, -0.05) is 66.7 Å². The summed E-state index contributed by atoms with van der Waals surface area (Å²) in [7, 11) is -9.04. The summed E-state index contributed by atoms with van der Waals surface area (Å²) in [6.45, 7) is 0. The average Bonchev–Trinajstić information content (AvgIpc) is 2.92. The second-order valence-corrected chi connectivity index (χ2v) is 10.3. The molecule has 0 atom stereocenters. The number of pyridine rings is 1. The van der Waals surface area contributed by atoms with E-state index in [9.17, 15) is 8.42 Å². The van der Waals surface area contributed by atoms with Crippen LogP contribution in [-0.4, -0.2) is 8.42 Å². The van der Waals surface area contributed by atoms with Crippen molar-refractivity contribution in [2.45, 2.75) is 0 Å². The molecule has 1 aromatic heterocycles. The number of hydrogen-bond donors (Lipinski definition) is 1. The van der Waals surface area contributed by atoms with Crippen LogP contribution in [0.5, 0.6) is 5.75 Å². The minimum Gasteiger partial charge on any atom is -0.371 e. The Balaban J connectivity index is 0.000000681. The third kappa shape index (κ3) is 8.18. The Morgan fingerprint density at radius 3 is 1.32 bits per heavy atom. The van der Waals surface area contributed by atoms with E-state index in [4.69, 9.17) is 28.0 Å². The molecule has 4 aromatic carbocycles. The molecule has 11 heteroatoms. The van der Waals surface area contributed by atoms with E-state index in [-0.39, 0.29) is 5.75 Å². The van der Waals surface area contributed by atoms with Gasteiger partial charge in [-0.15, -0.1) is 10.2 Å². The number of aromatic nitrogens is 1. The first-order valence-electron chi connectivity index (χ1n) is 11.7. The van der Waals surface area contributed by atoms with Crippen molar-refractivity contribution in [1.29, 1.82) is 0 Å². The molecular formula is C29H23ClN2O7S. The summed E-state index contributed by atoms with van der Waals surface area (Å²) in [5, 5.41) is 5.03. The van der Waals surface area contributed by atoms with Crippen molar-refractivity contribution in [3.05, 3.63) is 127 Å². The predicted molar refractivity (Wildman–Crippen MR) is 138 cm³/mol. The highest BCUT2D eigenvalue weighted by atomic mass is 35.7. The number of rotatable bonds is 6. The van der Waals surface area contributed by atoms with E-state index in [0.717, 1.165) is 39.3 Å². The number of halogens is 1. The van der Waals surface area contributed by atoms with Crippen LogP contribution in [0.1, 0.15) is 0 Å². The lowest BCUT2D eigenvalue weighted by atomic mass is 9.98. The summed E-state index contributed by atoms with van der Waals surface area (Å²) in [5.74, 6) is 0.153. The third-order valence-electron chi connectivity index (χ3n) is 5.62. The molecule has 0 bridgehead atoms. The van der Waals surface area contributed by atoms with Crippen LogP contribution in [0.4, 0.5) is 0 Å². The first-order chi connectivity index (χ1) is 19.0. The van der Waals surface area contributed by atoms with Gasteiger partial charge in [-0.2, -0.15) is 18.1 Å². The third-order valence-corrected chi connectivity index (χ3v) is 6.04. The van der Waals surface area contributed by atoms with Crippen LogP contribution in [0.3, 0.4) is 0 Å². The quantitative estimate of drug-likeness (QED) is 0.291. The Bertz CT molecular complexity index is 1600. The van der Waals surface area contributed by atoms with Gasteiger partial charge in [-0.05, 0) is 47.5 Å². The van der Waals surface area contributed by atoms with E-state index in [1.165, 1.54) is 0 Å². The molecule has 0 aliphatic carbocycles. The van der Waals surface area contributed by atoms with Crippen molar-refractivity contribution >= 4 is 10.3 Å². The van der Waals surface area contributed by atoms with Crippen LogP contribution in [0.2, 0.25) is 0 Å². The lowest BCUT2D eigenvalue weighted by molar-refractivity contribution is -2.00. The summed E-state index contributed by atoms with van der Waals surface area (Å²) < 4.78 is 63.7. The van der Waals surface area contributed by atoms with Gasteiger partial charge in [0, 0.05) is 35.4 Å². The summed E-state index contributed by atoms with van der Waals surface area (Å²) in [6.07, 6.45) is 0. The van der Waals surface area contributed by atoms with Crippen molar-refractivity contribution in [3.8, 4) is 45.1 Å². The molecule has 1 heterocycles. The zero-order chi connectivity index (χ0) is 28.8. The van der Waals surface area contributed by atoms with Crippen molar-refractivity contribution in [1.82, 2.24) is 0 Å². The van der Waals surface area contributed by atoms with Crippen LogP contribution < -0.4 is 32.5 Å². The van der Waals surface area contributed by atoms with Crippen LogP contribution in [0, 0.1) is 10.2 Å². The zero-order valence-electron chi connectivity index (χ0n) is 20.8. The average molecular weight is 579 g/mol. The van der Waals surface area contributed by atoms with Crippen LogP contribution in [0.25, 0.3) is 39.3 Å². The molecule has 204 valence electrons. The second-order valence-electron chi connectivity index (χ2n) is 8.40. The second kappa shape index (κ2) is 12.4. The van der Waals surface area contributed by atoms with E-state index in [2.05, 4.69) is 53.1 Å². The molecule has 0 aliphatic rings. The molecule has 0 amide bonds. The normalized spacial score (nSPS) is 11.3. The SMILES string of the molecule is NS(=O)(=O)Oc1ccc(-[n+]2c(-c3ccccc3)cc(-c3ccccc3)cc2-c2ccccc2)cc1.[O-][Cl+3]([O-])([O-])[O-]. The van der Waals surface area contributed by atoms with Gasteiger partial charge in [0.2, 0.25) is 17.1 Å². The van der Waals surface area contributed by atoms with Gasteiger partial charge in [0.05, 0.1) is 0 Å². The fourth-order valence-electron chi connectivity index (χ4n) is 4.10. The largest absolute Gasteiger partial charge is 0.380 e. The van der Waals surface area contributed by atoms with Gasteiger partial charge in [-0.25, -0.2) is 18.6 Å². The predicted octanol–water partition coefficient (Wildman–Crippen LogP) is 0.791. The molecule has 5 rings (SSSR count). The van der Waals surface area contributed by atoms with Gasteiger partial charge in [0.25, 0.3) is 0 Å². The van der Waals surface area contributed by atoms with Gasteiger partial charge in [-0.3, -0.25) is 0 Å². The first-order valence-corrected chi connectivity index (χ1v) is 14.4. The molecule has 2 N–H and O–H groups in total. The van der Waals surface area contributed by atoms with Crippen molar-refractivity contribution in [2.24, 2.45) is 5.14 Å². The summed E-state index contributed by atoms with van der Waals surface area (Å²) in [5.41, 5.74) is 7.14. The fourth-order valence-corrected chi connectivity index (χ4v) is 4.48. The highest BCUT2D eigenvalue weighted by Gasteiger charge is 2.25. The molecule has 0 spiro atoms. The maximum atomic E-state index is 11.4. The molecule has 0 saturated carbocycles. The lowest BCUT2D eigenvalue weighted by Gasteiger charge is -2.17. The summed E-state index contributed by atoms with van der Waals surface area (Å²) in [4.78, 5) is 0. The zero-order valence-corrected chi connectivity index (χ0v) is 22.4. The molecular weight excluding hydrogens is 556 g/mol. The van der Waals surface area contributed by atoms with Crippen LogP contribution >= 0.6 is 0 Å². The maximum Gasteiger partial charge on any atom is 0.380 e. The fraction of sp³-hybridized carbons (Fsp3) is 0. The molecule has 0 radical (unpaired) electrons. The van der Waals surface area contributed by atoms with Gasteiger partial charge in [0.15, 0.2) is 0 Å². The minimum atomic E-state index is -4.94. The molecule has 9 nitrogen and oxygen atoms in total. The number of nitrogens with two attached hydrogens (primary N) is 1. The van der Waals surface area contributed by atoms with E-state index in [1.54, 1.807) is 12.1 Å².